The predicted molar refractivity (Wildman–Crippen MR) is 96.5 cm³/mol. The Hall–Kier alpha value is -1.04. The summed E-state index contributed by atoms with van der Waals surface area (Å²) in [4.78, 5) is 0. The molecule has 0 atom stereocenters. The van der Waals surface area contributed by atoms with Crippen molar-refractivity contribution in [1.82, 2.24) is 0 Å². The van der Waals surface area contributed by atoms with Crippen LogP contribution in [0.3, 0.4) is 0 Å². The van der Waals surface area contributed by atoms with Crippen LogP contribution < -0.4 is 0 Å². The molecule has 0 heterocycles. The number of aryl methyl sites for hydroxylation is 2. The SMILES string of the molecule is Cc1cc(CCCCCCCS(=O)(=O)C(C)(C)C)ccc1C(F)(F)F. The Kier molecular flexibility index (Phi) is 7.54. The Bertz CT molecular complexity index is 656. The molecule has 0 aromatic heterocycles. The summed E-state index contributed by atoms with van der Waals surface area (Å²) in [6.07, 6.45) is 0.779. The molecule has 1 aromatic carbocycles. The molecule has 0 saturated carbocycles. The molecule has 0 amide bonds. The topological polar surface area (TPSA) is 34.1 Å². The van der Waals surface area contributed by atoms with E-state index in [9.17, 15) is 21.6 Å². The zero-order valence-electron chi connectivity index (χ0n) is 15.5. The van der Waals surface area contributed by atoms with Gasteiger partial charge in [0.1, 0.15) is 0 Å². The lowest BCUT2D eigenvalue weighted by molar-refractivity contribution is -0.138. The first kappa shape index (κ1) is 22.0. The first-order chi connectivity index (χ1) is 11.3. The Balaban J connectivity index is 2.30. The second kappa shape index (κ2) is 8.56. The largest absolute Gasteiger partial charge is 0.416 e. The van der Waals surface area contributed by atoms with Crippen LogP contribution in [0.1, 0.15) is 69.6 Å². The van der Waals surface area contributed by atoms with Crippen LogP contribution in [-0.4, -0.2) is 18.9 Å². The Morgan fingerprint density at radius 3 is 2.00 bits per heavy atom. The number of benzene rings is 1. The van der Waals surface area contributed by atoms with Crippen LogP contribution in [-0.2, 0) is 22.4 Å². The predicted octanol–water partition coefficient (Wildman–Crippen LogP) is 5.72. The van der Waals surface area contributed by atoms with Crippen molar-refractivity contribution < 1.29 is 21.6 Å². The third-order valence-electron chi connectivity index (χ3n) is 4.41. The summed E-state index contributed by atoms with van der Waals surface area (Å²) in [5.74, 6) is 0.217. The van der Waals surface area contributed by atoms with E-state index in [1.807, 2.05) is 0 Å². The molecule has 2 nitrogen and oxygen atoms in total. The van der Waals surface area contributed by atoms with Gasteiger partial charge in [-0.15, -0.1) is 0 Å². The van der Waals surface area contributed by atoms with E-state index in [1.54, 1.807) is 32.9 Å². The van der Waals surface area contributed by atoms with Gasteiger partial charge in [0.2, 0.25) is 0 Å². The highest BCUT2D eigenvalue weighted by Gasteiger charge is 2.32. The highest BCUT2D eigenvalue weighted by atomic mass is 32.2. The van der Waals surface area contributed by atoms with Crippen molar-refractivity contribution in [2.24, 2.45) is 0 Å². The van der Waals surface area contributed by atoms with Crippen molar-refractivity contribution in [3.63, 3.8) is 0 Å². The molecule has 25 heavy (non-hydrogen) atoms. The van der Waals surface area contributed by atoms with E-state index >= 15 is 0 Å². The highest BCUT2D eigenvalue weighted by molar-refractivity contribution is 7.92. The molecule has 0 fully saturated rings. The molecule has 0 aliphatic carbocycles. The zero-order valence-corrected chi connectivity index (χ0v) is 16.4. The van der Waals surface area contributed by atoms with Gasteiger partial charge in [-0.25, -0.2) is 8.42 Å². The van der Waals surface area contributed by atoms with Crippen LogP contribution in [0.15, 0.2) is 18.2 Å². The lowest BCUT2D eigenvalue weighted by Gasteiger charge is -2.18. The highest BCUT2D eigenvalue weighted by Crippen LogP contribution is 2.32. The van der Waals surface area contributed by atoms with Crippen molar-refractivity contribution in [3.8, 4) is 0 Å². The summed E-state index contributed by atoms with van der Waals surface area (Å²) in [6, 6.07) is 4.31. The molecule has 0 radical (unpaired) electrons. The van der Waals surface area contributed by atoms with Crippen LogP contribution in [0.2, 0.25) is 0 Å². The fraction of sp³-hybridized carbons (Fsp3) is 0.684. The average molecular weight is 378 g/mol. The summed E-state index contributed by atoms with van der Waals surface area (Å²) >= 11 is 0. The fourth-order valence-corrected chi connectivity index (χ4v) is 3.85. The molecule has 6 heteroatoms. The normalized spacial score (nSPS) is 13.2. The van der Waals surface area contributed by atoms with E-state index < -0.39 is 26.3 Å². The van der Waals surface area contributed by atoms with Gasteiger partial charge in [0.25, 0.3) is 0 Å². The monoisotopic (exact) mass is 378 g/mol. The minimum absolute atomic E-state index is 0.217. The van der Waals surface area contributed by atoms with Gasteiger partial charge in [-0.1, -0.05) is 31.4 Å². The van der Waals surface area contributed by atoms with Gasteiger partial charge in [-0.2, -0.15) is 13.2 Å². The van der Waals surface area contributed by atoms with E-state index in [-0.39, 0.29) is 11.3 Å². The van der Waals surface area contributed by atoms with E-state index in [0.717, 1.165) is 43.7 Å². The Morgan fingerprint density at radius 2 is 1.48 bits per heavy atom. The maximum Gasteiger partial charge on any atom is 0.416 e. The first-order valence-corrected chi connectivity index (χ1v) is 10.4. The number of rotatable bonds is 8. The van der Waals surface area contributed by atoms with Crippen LogP contribution in [0.25, 0.3) is 0 Å². The third kappa shape index (κ3) is 7.00. The maximum atomic E-state index is 12.7. The molecule has 0 bridgehead atoms. The van der Waals surface area contributed by atoms with E-state index in [4.69, 9.17) is 0 Å². The van der Waals surface area contributed by atoms with Crippen molar-refractivity contribution >= 4 is 9.84 Å². The van der Waals surface area contributed by atoms with Gasteiger partial charge in [-0.3, -0.25) is 0 Å². The summed E-state index contributed by atoms with van der Waals surface area (Å²) < 4.78 is 61.4. The Morgan fingerprint density at radius 1 is 0.920 bits per heavy atom. The van der Waals surface area contributed by atoms with Gasteiger partial charge >= 0.3 is 6.18 Å². The molecule has 1 rings (SSSR count). The number of sulfone groups is 1. The molecule has 0 aliphatic heterocycles. The van der Waals surface area contributed by atoms with Gasteiger partial charge in [-0.05, 0) is 64.2 Å². The minimum atomic E-state index is -4.30. The summed E-state index contributed by atoms with van der Waals surface area (Å²) in [5.41, 5.74) is 0.606. The van der Waals surface area contributed by atoms with Gasteiger partial charge in [0, 0.05) is 0 Å². The average Bonchev–Trinajstić information content (AvgIpc) is 2.43. The lowest BCUT2D eigenvalue weighted by Crippen LogP contribution is -2.30. The summed E-state index contributed by atoms with van der Waals surface area (Å²) in [7, 11) is -3.05. The van der Waals surface area contributed by atoms with Crippen molar-refractivity contribution in [2.75, 3.05) is 5.75 Å². The molecule has 0 N–H and O–H groups in total. The quantitative estimate of drug-likeness (QED) is 0.542. The molecular formula is C19H29F3O2S. The maximum absolute atomic E-state index is 12.7. The molecule has 0 saturated heterocycles. The molecule has 0 unspecified atom stereocenters. The van der Waals surface area contributed by atoms with Crippen molar-refractivity contribution in [2.45, 2.75) is 77.1 Å². The Labute approximate surface area is 149 Å². The third-order valence-corrected chi connectivity index (χ3v) is 7.10. The van der Waals surface area contributed by atoms with Gasteiger partial charge in [0.15, 0.2) is 9.84 Å². The number of alkyl halides is 3. The molecule has 0 aliphatic rings. The first-order valence-electron chi connectivity index (χ1n) is 8.73. The zero-order chi connectivity index (χ0) is 19.3. The second-order valence-electron chi connectivity index (χ2n) is 7.60. The fourth-order valence-electron chi connectivity index (χ4n) is 2.66. The van der Waals surface area contributed by atoms with Gasteiger partial charge < -0.3 is 0 Å². The van der Waals surface area contributed by atoms with E-state index in [0.29, 0.717) is 6.42 Å². The van der Waals surface area contributed by atoms with Crippen LogP contribution in [0.5, 0.6) is 0 Å². The lowest BCUT2D eigenvalue weighted by atomic mass is 10.0. The number of halogens is 3. The van der Waals surface area contributed by atoms with Crippen molar-refractivity contribution in [1.29, 1.82) is 0 Å². The van der Waals surface area contributed by atoms with Crippen LogP contribution >= 0.6 is 0 Å². The smallest absolute Gasteiger partial charge is 0.228 e. The van der Waals surface area contributed by atoms with Crippen LogP contribution in [0, 0.1) is 6.92 Å². The van der Waals surface area contributed by atoms with E-state index in [2.05, 4.69) is 0 Å². The molecule has 0 spiro atoms. The number of hydrogen-bond donors (Lipinski definition) is 0. The van der Waals surface area contributed by atoms with Gasteiger partial charge in [0.05, 0.1) is 16.1 Å². The minimum Gasteiger partial charge on any atom is -0.228 e. The molecule has 144 valence electrons. The molecular weight excluding hydrogens is 349 g/mol. The van der Waals surface area contributed by atoms with Crippen LogP contribution in [0.4, 0.5) is 13.2 Å². The summed E-state index contributed by atoms with van der Waals surface area (Å²) in [5, 5.41) is 0. The number of unbranched alkanes of at least 4 members (excludes halogenated alkanes) is 4. The second-order valence-corrected chi connectivity index (χ2v) is 10.5. The van der Waals surface area contributed by atoms with Crippen molar-refractivity contribution in [3.05, 3.63) is 34.9 Å². The standard InChI is InChI=1S/C19H29F3O2S/c1-15-14-16(11-12-17(15)19(20,21)22)10-8-6-5-7-9-13-25(23,24)18(2,3)4/h11-12,14H,5-10,13H2,1-4H3. The molecule has 1 aromatic rings. The van der Waals surface area contributed by atoms with E-state index in [1.165, 1.54) is 6.92 Å². The number of hydrogen-bond acceptors (Lipinski definition) is 2. The summed E-state index contributed by atoms with van der Waals surface area (Å²) in [6.45, 7) is 6.64.